The van der Waals surface area contributed by atoms with Crippen molar-refractivity contribution in [2.45, 2.75) is 32.2 Å². The fourth-order valence-electron chi connectivity index (χ4n) is 2.97. The first-order chi connectivity index (χ1) is 11.2. The molecular formula is C16H20ClN5O. The van der Waals surface area contributed by atoms with Crippen molar-refractivity contribution in [1.82, 2.24) is 20.0 Å². The van der Waals surface area contributed by atoms with E-state index in [1.165, 1.54) is 12.8 Å². The summed E-state index contributed by atoms with van der Waals surface area (Å²) >= 11 is 6.17. The standard InChI is InChI=1S/C16H20ClN5O/c1-11-8-13(20-23-11)10-21-4-6-22(7-5-21)15-9-14(17)18-16(19-15)12-2-3-12/h8-9,12H,2-7,10H2,1H3. The Kier molecular flexibility index (Phi) is 3.95. The molecule has 1 aliphatic carbocycles. The van der Waals surface area contributed by atoms with Gasteiger partial charge in [-0.05, 0) is 19.8 Å². The zero-order chi connectivity index (χ0) is 15.8. The van der Waals surface area contributed by atoms with Gasteiger partial charge < -0.3 is 9.42 Å². The highest BCUT2D eigenvalue weighted by atomic mass is 35.5. The van der Waals surface area contributed by atoms with Crippen LogP contribution in [0.4, 0.5) is 5.82 Å². The SMILES string of the molecule is Cc1cc(CN2CCN(c3cc(Cl)nc(C4CC4)n3)CC2)no1. The average Bonchev–Trinajstić information content (AvgIpc) is 3.31. The third kappa shape index (κ3) is 3.48. The van der Waals surface area contributed by atoms with Gasteiger partial charge >= 0.3 is 0 Å². The lowest BCUT2D eigenvalue weighted by molar-refractivity contribution is 0.241. The van der Waals surface area contributed by atoms with Crippen molar-refractivity contribution in [3.05, 3.63) is 34.6 Å². The normalized spacial score (nSPS) is 19.3. The van der Waals surface area contributed by atoms with E-state index in [-0.39, 0.29) is 0 Å². The van der Waals surface area contributed by atoms with Gasteiger partial charge in [-0.15, -0.1) is 0 Å². The predicted molar refractivity (Wildman–Crippen MR) is 87.7 cm³/mol. The topological polar surface area (TPSA) is 58.3 Å². The Labute approximate surface area is 140 Å². The van der Waals surface area contributed by atoms with Crippen molar-refractivity contribution >= 4 is 17.4 Å². The molecule has 0 atom stereocenters. The Balaban J connectivity index is 1.39. The summed E-state index contributed by atoms with van der Waals surface area (Å²) in [6.45, 7) is 6.59. The Hall–Kier alpha value is -1.66. The largest absolute Gasteiger partial charge is 0.361 e. The third-order valence-corrected chi connectivity index (χ3v) is 4.59. The smallest absolute Gasteiger partial charge is 0.135 e. The molecule has 1 aliphatic heterocycles. The first-order valence-corrected chi connectivity index (χ1v) is 8.49. The molecule has 1 saturated carbocycles. The van der Waals surface area contributed by atoms with E-state index in [1.807, 2.05) is 19.1 Å². The molecule has 0 spiro atoms. The molecule has 0 amide bonds. The number of hydrogen-bond donors (Lipinski definition) is 0. The van der Waals surface area contributed by atoms with Crippen molar-refractivity contribution in [3.8, 4) is 0 Å². The number of rotatable bonds is 4. The lowest BCUT2D eigenvalue weighted by atomic mass is 10.2. The first-order valence-electron chi connectivity index (χ1n) is 8.11. The second kappa shape index (κ2) is 6.09. The van der Waals surface area contributed by atoms with Crippen LogP contribution in [0.3, 0.4) is 0 Å². The van der Waals surface area contributed by atoms with Gasteiger partial charge in [0.25, 0.3) is 0 Å². The molecule has 1 saturated heterocycles. The minimum Gasteiger partial charge on any atom is -0.361 e. The van der Waals surface area contributed by atoms with Gasteiger partial charge in [-0.2, -0.15) is 0 Å². The minimum atomic E-state index is 0.518. The van der Waals surface area contributed by atoms with Gasteiger partial charge in [0.2, 0.25) is 0 Å². The van der Waals surface area contributed by atoms with Crippen LogP contribution in [-0.4, -0.2) is 46.2 Å². The molecule has 0 radical (unpaired) electrons. The van der Waals surface area contributed by atoms with Crippen LogP contribution in [0.25, 0.3) is 0 Å². The quantitative estimate of drug-likeness (QED) is 0.802. The molecule has 2 aromatic heterocycles. The van der Waals surface area contributed by atoms with E-state index >= 15 is 0 Å². The molecule has 0 N–H and O–H groups in total. The lowest BCUT2D eigenvalue weighted by Crippen LogP contribution is -2.46. The molecule has 4 rings (SSSR count). The van der Waals surface area contributed by atoms with Crippen LogP contribution in [0.1, 0.15) is 36.0 Å². The number of aryl methyl sites for hydroxylation is 1. The highest BCUT2D eigenvalue weighted by Crippen LogP contribution is 2.39. The number of piperazine rings is 1. The summed E-state index contributed by atoms with van der Waals surface area (Å²) in [6.07, 6.45) is 2.37. The fourth-order valence-corrected chi connectivity index (χ4v) is 3.15. The molecule has 7 heteroatoms. The van der Waals surface area contributed by atoms with Crippen molar-refractivity contribution in [3.63, 3.8) is 0 Å². The van der Waals surface area contributed by atoms with Crippen LogP contribution in [0, 0.1) is 6.92 Å². The number of halogens is 1. The summed E-state index contributed by atoms with van der Waals surface area (Å²) < 4.78 is 5.13. The highest BCUT2D eigenvalue weighted by molar-refractivity contribution is 6.29. The van der Waals surface area contributed by atoms with Crippen LogP contribution in [0.5, 0.6) is 0 Å². The van der Waals surface area contributed by atoms with E-state index in [0.717, 1.165) is 55.8 Å². The molecule has 122 valence electrons. The molecule has 0 bridgehead atoms. The van der Waals surface area contributed by atoms with Gasteiger partial charge in [0, 0.05) is 50.8 Å². The fraction of sp³-hybridized carbons (Fsp3) is 0.562. The maximum Gasteiger partial charge on any atom is 0.135 e. The van der Waals surface area contributed by atoms with Crippen LogP contribution < -0.4 is 4.90 Å². The molecule has 6 nitrogen and oxygen atoms in total. The lowest BCUT2D eigenvalue weighted by Gasteiger charge is -2.35. The van der Waals surface area contributed by atoms with Gasteiger partial charge in [-0.25, -0.2) is 9.97 Å². The molecular weight excluding hydrogens is 314 g/mol. The van der Waals surface area contributed by atoms with E-state index in [0.29, 0.717) is 11.1 Å². The van der Waals surface area contributed by atoms with E-state index in [2.05, 4.69) is 19.9 Å². The van der Waals surface area contributed by atoms with Crippen molar-refractivity contribution in [1.29, 1.82) is 0 Å². The van der Waals surface area contributed by atoms with Crippen molar-refractivity contribution in [2.24, 2.45) is 0 Å². The van der Waals surface area contributed by atoms with Crippen LogP contribution in [-0.2, 0) is 6.54 Å². The molecule has 2 aliphatic rings. The van der Waals surface area contributed by atoms with Crippen molar-refractivity contribution < 1.29 is 4.52 Å². The van der Waals surface area contributed by atoms with Gasteiger partial charge in [0.1, 0.15) is 22.6 Å². The first kappa shape index (κ1) is 14.9. The third-order valence-electron chi connectivity index (χ3n) is 4.40. The Bertz CT molecular complexity index is 692. The van der Waals surface area contributed by atoms with Gasteiger partial charge in [0.15, 0.2) is 0 Å². The number of hydrogen-bond acceptors (Lipinski definition) is 6. The summed E-state index contributed by atoms with van der Waals surface area (Å²) in [6, 6.07) is 3.88. The molecule has 23 heavy (non-hydrogen) atoms. The van der Waals surface area contributed by atoms with Gasteiger partial charge in [-0.1, -0.05) is 16.8 Å². The zero-order valence-electron chi connectivity index (χ0n) is 13.2. The number of anilines is 1. The van der Waals surface area contributed by atoms with Crippen LogP contribution in [0.2, 0.25) is 5.15 Å². The molecule has 2 aromatic rings. The minimum absolute atomic E-state index is 0.518. The molecule has 3 heterocycles. The van der Waals surface area contributed by atoms with E-state index in [1.54, 1.807) is 0 Å². The summed E-state index contributed by atoms with van der Waals surface area (Å²) in [7, 11) is 0. The Morgan fingerprint density at radius 2 is 1.96 bits per heavy atom. The maximum absolute atomic E-state index is 6.17. The van der Waals surface area contributed by atoms with Crippen LogP contribution >= 0.6 is 11.6 Å². The molecule has 2 fully saturated rings. The van der Waals surface area contributed by atoms with E-state index < -0.39 is 0 Å². The zero-order valence-corrected chi connectivity index (χ0v) is 14.0. The molecule has 0 unspecified atom stereocenters. The Morgan fingerprint density at radius 1 is 1.17 bits per heavy atom. The highest BCUT2D eigenvalue weighted by Gasteiger charge is 2.28. The van der Waals surface area contributed by atoms with Gasteiger partial charge in [0.05, 0.1) is 5.69 Å². The predicted octanol–water partition coefficient (Wildman–Crippen LogP) is 2.63. The average molecular weight is 334 g/mol. The summed E-state index contributed by atoms with van der Waals surface area (Å²) in [5.74, 6) is 3.25. The number of aromatic nitrogens is 3. The summed E-state index contributed by atoms with van der Waals surface area (Å²) in [4.78, 5) is 13.8. The van der Waals surface area contributed by atoms with Gasteiger partial charge in [-0.3, -0.25) is 4.90 Å². The monoisotopic (exact) mass is 333 g/mol. The summed E-state index contributed by atoms with van der Waals surface area (Å²) in [5, 5.41) is 4.62. The molecule has 0 aromatic carbocycles. The van der Waals surface area contributed by atoms with Crippen LogP contribution in [0.15, 0.2) is 16.7 Å². The second-order valence-electron chi connectivity index (χ2n) is 6.37. The van der Waals surface area contributed by atoms with E-state index in [9.17, 15) is 0 Å². The maximum atomic E-state index is 6.17. The Morgan fingerprint density at radius 3 is 2.61 bits per heavy atom. The van der Waals surface area contributed by atoms with Crippen molar-refractivity contribution in [2.75, 3.05) is 31.1 Å². The number of nitrogens with zero attached hydrogens (tertiary/aromatic N) is 5. The summed E-state index contributed by atoms with van der Waals surface area (Å²) in [5.41, 5.74) is 0.997. The second-order valence-corrected chi connectivity index (χ2v) is 6.76. The van der Waals surface area contributed by atoms with E-state index in [4.69, 9.17) is 21.1 Å².